The summed E-state index contributed by atoms with van der Waals surface area (Å²) in [6.45, 7) is 0.526. The van der Waals surface area contributed by atoms with Gasteiger partial charge in [0.15, 0.2) is 5.78 Å². The summed E-state index contributed by atoms with van der Waals surface area (Å²) in [5.74, 6) is 0.00394. The Morgan fingerprint density at radius 1 is 1.24 bits per heavy atom. The maximum atomic E-state index is 12.6. The molecule has 1 aliphatic rings. The average molecular weight is 400 g/mol. The predicted octanol–water partition coefficient (Wildman–Crippen LogP) is 4.17. The van der Waals surface area contributed by atoms with Crippen molar-refractivity contribution in [3.8, 4) is 17.0 Å². The molecular weight excluding hydrogens is 378 g/mol. The largest absolute Gasteiger partial charge is 0.435 e. The zero-order valence-electron chi connectivity index (χ0n) is 16.3. The number of carbonyl (C=O) groups excluding carboxylic acids is 1. The van der Waals surface area contributed by atoms with Gasteiger partial charge < -0.3 is 9.64 Å². The fourth-order valence-electron chi connectivity index (χ4n) is 3.74. The van der Waals surface area contributed by atoms with E-state index in [-0.39, 0.29) is 17.6 Å². The number of pyridine rings is 1. The van der Waals surface area contributed by atoms with Crippen LogP contribution in [0.1, 0.15) is 36.2 Å². The molecule has 1 aromatic carbocycles. The van der Waals surface area contributed by atoms with E-state index in [2.05, 4.69) is 21.7 Å². The van der Waals surface area contributed by atoms with Gasteiger partial charge in [-0.05, 0) is 58.1 Å². The van der Waals surface area contributed by atoms with Crippen LogP contribution in [0.5, 0.6) is 5.75 Å². The van der Waals surface area contributed by atoms with Gasteiger partial charge in [-0.25, -0.2) is 0 Å². The number of Topliss-reactive ketones (excluding diaryl/α,β-unsaturated/α-hetero) is 1. The number of likely N-dealkylation sites (tertiary alicyclic amines) is 1. The molecule has 152 valence electrons. The molecule has 3 aromatic rings. The van der Waals surface area contributed by atoms with Crippen LogP contribution < -0.4 is 4.74 Å². The van der Waals surface area contributed by atoms with Gasteiger partial charge in [0.05, 0.1) is 11.6 Å². The highest BCUT2D eigenvalue weighted by Gasteiger charge is 2.24. The van der Waals surface area contributed by atoms with Crippen LogP contribution >= 0.6 is 0 Å². The minimum Gasteiger partial charge on any atom is -0.435 e. The molecule has 1 fully saturated rings. The van der Waals surface area contributed by atoms with Gasteiger partial charge in [0.25, 0.3) is 0 Å². The lowest BCUT2D eigenvalue weighted by atomic mass is 10.1. The van der Waals surface area contributed by atoms with Crippen molar-refractivity contribution in [2.75, 3.05) is 20.1 Å². The van der Waals surface area contributed by atoms with Crippen LogP contribution in [0.4, 0.5) is 8.78 Å². The molecule has 0 bridgehead atoms. The van der Waals surface area contributed by atoms with Crippen LogP contribution in [0.15, 0.2) is 36.5 Å². The lowest BCUT2D eigenvalue weighted by molar-refractivity contribution is -0.0498. The van der Waals surface area contributed by atoms with Crippen molar-refractivity contribution >= 4 is 16.8 Å². The second-order valence-corrected chi connectivity index (χ2v) is 7.38. The molecule has 0 saturated carbocycles. The number of fused-ring (bicyclic) bond motifs is 1. The van der Waals surface area contributed by atoms with E-state index in [0.29, 0.717) is 22.3 Å². The Bertz CT molecular complexity index is 1040. The van der Waals surface area contributed by atoms with Gasteiger partial charge >= 0.3 is 6.61 Å². The van der Waals surface area contributed by atoms with Gasteiger partial charge in [-0.1, -0.05) is 12.1 Å². The minimum absolute atomic E-state index is 0.0654. The SMILES string of the molecule is CC(=O)c1cnc2c(-c3cccc(OC(F)F)c3)nn(C3CCN(C)CC3)c2c1. The lowest BCUT2D eigenvalue weighted by Crippen LogP contribution is -2.31. The van der Waals surface area contributed by atoms with Gasteiger partial charge in [0.1, 0.15) is 17.0 Å². The molecular formula is C21H22F2N4O2. The van der Waals surface area contributed by atoms with Gasteiger partial charge in [-0.15, -0.1) is 0 Å². The molecule has 4 rings (SSSR count). The second kappa shape index (κ2) is 7.87. The molecule has 29 heavy (non-hydrogen) atoms. The number of ketones is 1. The van der Waals surface area contributed by atoms with E-state index in [0.717, 1.165) is 31.4 Å². The van der Waals surface area contributed by atoms with E-state index in [1.807, 2.05) is 10.7 Å². The molecule has 6 nitrogen and oxygen atoms in total. The van der Waals surface area contributed by atoms with Crippen molar-refractivity contribution in [3.05, 3.63) is 42.1 Å². The Hall–Kier alpha value is -2.87. The molecule has 1 saturated heterocycles. The van der Waals surface area contributed by atoms with E-state index in [9.17, 15) is 13.6 Å². The van der Waals surface area contributed by atoms with Gasteiger partial charge in [-0.2, -0.15) is 13.9 Å². The number of aromatic nitrogens is 3. The van der Waals surface area contributed by atoms with Crippen LogP contribution in [0.2, 0.25) is 0 Å². The summed E-state index contributed by atoms with van der Waals surface area (Å²) in [4.78, 5) is 18.6. The fraction of sp³-hybridized carbons (Fsp3) is 0.381. The average Bonchev–Trinajstić information content (AvgIpc) is 3.07. The molecule has 0 N–H and O–H groups in total. The summed E-state index contributed by atoms with van der Waals surface area (Å²) in [6, 6.07) is 8.46. The number of halogens is 2. The summed E-state index contributed by atoms with van der Waals surface area (Å²) < 4.78 is 31.7. The Balaban J connectivity index is 1.83. The highest BCUT2D eigenvalue weighted by atomic mass is 19.3. The quantitative estimate of drug-likeness (QED) is 0.602. The molecule has 0 radical (unpaired) electrons. The van der Waals surface area contributed by atoms with Crippen LogP contribution in [-0.2, 0) is 0 Å². The molecule has 2 aromatic heterocycles. The van der Waals surface area contributed by atoms with Crippen molar-refractivity contribution < 1.29 is 18.3 Å². The van der Waals surface area contributed by atoms with E-state index in [1.165, 1.54) is 25.3 Å². The summed E-state index contributed by atoms with van der Waals surface area (Å²) in [6.07, 6.45) is 3.41. The maximum absolute atomic E-state index is 12.6. The molecule has 0 unspecified atom stereocenters. The third kappa shape index (κ3) is 3.98. The molecule has 8 heteroatoms. The smallest absolute Gasteiger partial charge is 0.387 e. The molecule has 1 aliphatic heterocycles. The summed E-state index contributed by atoms with van der Waals surface area (Å²) in [5, 5.41) is 4.81. The summed E-state index contributed by atoms with van der Waals surface area (Å²) >= 11 is 0. The molecule has 0 spiro atoms. The monoisotopic (exact) mass is 400 g/mol. The molecule has 0 amide bonds. The zero-order valence-corrected chi connectivity index (χ0v) is 16.3. The summed E-state index contributed by atoms with van der Waals surface area (Å²) in [7, 11) is 2.09. The number of carbonyl (C=O) groups is 1. The number of benzene rings is 1. The number of rotatable bonds is 5. The number of alkyl halides is 2. The van der Waals surface area contributed by atoms with Crippen LogP contribution in [0.25, 0.3) is 22.3 Å². The highest BCUT2D eigenvalue weighted by molar-refractivity contribution is 5.99. The van der Waals surface area contributed by atoms with Crippen LogP contribution in [0, 0.1) is 0 Å². The summed E-state index contributed by atoms with van der Waals surface area (Å²) in [5.41, 5.74) is 3.18. The van der Waals surface area contributed by atoms with Gasteiger partial charge in [-0.3, -0.25) is 14.5 Å². The number of ether oxygens (including phenoxy) is 1. The zero-order chi connectivity index (χ0) is 20.5. The molecule has 0 atom stereocenters. The number of hydrogen-bond acceptors (Lipinski definition) is 5. The fourth-order valence-corrected chi connectivity index (χ4v) is 3.74. The topological polar surface area (TPSA) is 60.2 Å². The normalized spacial score (nSPS) is 15.9. The third-order valence-corrected chi connectivity index (χ3v) is 5.32. The number of hydrogen-bond donors (Lipinski definition) is 0. The third-order valence-electron chi connectivity index (χ3n) is 5.32. The van der Waals surface area contributed by atoms with Crippen molar-refractivity contribution in [2.24, 2.45) is 0 Å². The van der Waals surface area contributed by atoms with E-state index >= 15 is 0 Å². The first kappa shape index (κ1) is 19.4. The van der Waals surface area contributed by atoms with E-state index < -0.39 is 6.61 Å². The Kier molecular flexibility index (Phi) is 5.27. The minimum atomic E-state index is -2.89. The van der Waals surface area contributed by atoms with E-state index in [1.54, 1.807) is 12.1 Å². The number of nitrogens with zero attached hydrogens (tertiary/aromatic N) is 4. The standard InChI is InChI=1S/C21H22F2N4O2/c1-13(28)15-11-18-20(24-12-15)19(14-4-3-5-17(10-14)29-21(22)23)25-27(18)16-6-8-26(2)9-7-16/h3-5,10-12,16,21H,6-9H2,1-2H3. The highest BCUT2D eigenvalue weighted by Crippen LogP contribution is 2.33. The van der Waals surface area contributed by atoms with Crippen molar-refractivity contribution in [1.82, 2.24) is 19.7 Å². The van der Waals surface area contributed by atoms with E-state index in [4.69, 9.17) is 5.10 Å². The van der Waals surface area contributed by atoms with Crippen molar-refractivity contribution in [3.63, 3.8) is 0 Å². The molecule has 3 heterocycles. The Labute approximate surface area is 167 Å². The van der Waals surface area contributed by atoms with Gasteiger partial charge in [0, 0.05) is 17.3 Å². The Morgan fingerprint density at radius 2 is 2.00 bits per heavy atom. The second-order valence-electron chi connectivity index (χ2n) is 7.38. The van der Waals surface area contributed by atoms with Gasteiger partial charge in [0.2, 0.25) is 0 Å². The maximum Gasteiger partial charge on any atom is 0.387 e. The van der Waals surface area contributed by atoms with Crippen molar-refractivity contribution in [1.29, 1.82) is 0 Å². The Morgan fingerprint density at radius 3 is 2.69 bits per heavy atom. The van der Waals surface area contributed by atoms with Crippen molar-refractivity contribution in [2.45, 2.75) is 32.4 Å². The first-order valence-electron chi connectivity index (χ1n) is 9.55. The molecule has 0 aliphatic carbocycles. The van der Waals surface area contributed by atoms with Crippen LogP contribution in [0.3, 0.4) is 0 Å². The predicted molar refractivity (Wildman–Crippen MR) is 105 cm³/mol. The first-order valence-corrected chi connectivity index (χ1v) is 9.55. The lowest BCUT2D eigenvalue weighted by Gasteiger charge is -2.29. The number of piperidine rings is 1. The first-order chi connectivity index (χ1) is 13.9. The van der Waals surface area contributed by atoms with Crippen LogP contribution in [-0.4, -0.2) is 52.2 Å².